The van der Waals surface area contributed by atoms with Crippen LogP contribution in [-0.4, -0.2) is 0 Å². The van der Waals surface area contributed by atoms with Gasteiger partial charge in [-0.1, -0.05) is 276 Å². The van der Waals surface area contributed by atoms with Gasteiger partial charge >= 0.3 is 0 Å². The molecule has 2 aromatic heterocycles. The van der Waals surface area contributed by atoms with Gasteiger partial charge in [0.2, 0.25) is 0 Å². The van der Waals surface area contributed by atoms with Crippen LogP contribution in [-0.2, 0) is 16.2 Å². The second-order valence-electron chi connectivity index (χ2n) is 43.4. The van der Waals surface area contributed by atoms with Gasteiger partial charge in [0, 0.05) is 98.4 Å². The number of hydrogen-bond acceptors (Lipinski definition) is 5. The lowest BCUT2D eigenvalue weighted by Gasteiger charge is -2.61. The summed E-state index contributed by atoms with van der Waals surface area (Å²) in [5, 5.41) is 12.6. The van der Waals surface area contributed by atoms with E-state index in [2.05, 4.69) is 403 Å². The van der Waals surface area contributed by atoms with Gasteiger partial charge in [-0.3, -0.25) is 0 Å². The van der Waals surface area contributed by atoms with Crippen molar-refractivity contribution < 1.29 is 4.42 Å². The van der Waals surface area contributed by atoms with Crippen molar-refractivity contribution in [2.24, 2.45) is 71.0 Å². The minimum Gasteiger partial charge on any atom is -0.456 e. The van der Waals surface area contributed by atoms with E-state index in [9.17, 15) is 0 Å². The van der Waals surface area contributed by atoms with Gasteiger partial charge in [-0.25, -0.2) is 0 Å². The lowest BCUT2D eigenvalue weighted by Crippen LogP contribution is -2.55. The molecule has 139 heavy (non-hydrogen) atoms. The summed E-state index contributed by atoms with van der Waals surface area (Å²) in [5.41, 5.74) is 34.1. The van der Waals surface area contributed by atoms with Crippen LogP contribution in [0.2, 0.25) is 0 Å². The fourth-order valence-corrected chi connectivity index (χ4v) is 33.4. The lowest BCUT2D eigenvalue weighted by molar-refractivity contribution is -0.0399. The molecule has 0 saturated heterocycles. The molecule has 0 radical (unpaired) electrons. The molecule has 0 amide bonds. The number of hydrogen-bond donors (Lipinski definition) is 0. The zero-order chi connectivity index (χ0) is 89.5. The molecule has 3 spiro atoms. The first-order valence-electron chi connectivity index (χ1n) is 51.3. The summed E-state index contributed by atoms with van der Waals surface area (Å²) >= 11 is 1.89. The standard InChI is InChI=1S/C44H35NO.C44H35NS.C44H37N.2CH4/c2*1-2-8-30-24-33(14-13-29(30)7-1)45(35-16-18-43-39(26-35)37-10-4-6-12-42(37)46-43)34-15-17-41-38(25-34)36-9-3-5-11-40(36)44(41)31-20-27-19-28(22-31)23-32(44)21-27;1-2-9-31(10-3-1)34-13-8-14-37(26-34)45(38-18-17-32-11-4-5-12-33(32)27-38)39-19-20-43-41(28-39)40-15-6-7-16-42(40)44(43)35-22-29-21-30(24-35)25-36(44)23-29;;/h2*1-18,24-28,31-32H,19-23H2;1-20,26-30,35-36H,21-25H2;2*1H4. The molecule has 0 atom stereocenters. The summed E-state index contributed by atoms with van der Waals surface area (Å²) in [6, 6.07) is 149. The summed E-state index contributed by atoms with van der Waals surface area (Å²) in [5.74, 6) is 10.4. The fraction of sp³-hybridized carbons (Fsp3) is 0.239. The molecule has 18 aromatic carbocycles. The molecule has 4 nitrogen and oxygen atoms in total. The Labute approximate surface area is 820 Å². The van der Waals surface area contributed by atoms with Crippen LogP contribution in [0.25, 0.3) is 119 Å². The molecule has 20 aromatic rings. The third kappa shape index (κ3) is 12.6. The maximum absolute atomic E-state index is 6.25. The second-order valence-corrected chi connectivity index (χ2v) is 44.5. The third-order valence-electron chi connectivity index (χ3n) is 36.8. The van der Waals surface area contributed by atoms with Gasteiger partial charge in [-0.05, 0) is 411 Å². The van der Waals surface area contributed by atoms with E-state index in [0.717, 1.165) is 98.6 Å². The SMILES string of the molecule is C.C.c1ccc(-c2cccc(N(c3ccc4c(c3)-c3ccccc3C43C4CC5CC(C4)CC3C5)c3ccc4ccccc4c3)c2)cc1.c1ccc2c(c1)-c1cc(N(c3ccc4ccccc4c3)c3ccc4oc5ccccc5c4c3)ccc1C21C2CC3CC(C2)CC1C3.c1ccc2c(c1)-c1cc(N(c3ccc4ccccc4c3)c3ccc4sc5ccccc5c4c3)ccc1C21C2CC3CC(C2)CC1C3. The number of para-hydroxylation sites is 1. The highest BCUT2D eigenvalue weighted by Gasteiger charge is 2.65. The summed E-state index contributed by atoms with van der Waals surface area (Å²) in [4.78, 5) is 7.44. The molecular formula is C134H115N3OS. The Morgan fingerprint density at radius 2 is 0.496 bits per heavy atom. The van der Waals surface area contributed by atoms with Gasteiger partial charge in [0.15, 0.2) is 0 Å². The van der Waals surface area contributed by atoms with Crippen molar-refractivity contribution in [1.82, 2.24) is 0 Å². The van der Waals surface area contributed by atoms with Crippen LogP contribution in [0.15, 0.2) is 399 Å². The van der Waals surface area contributed by atoms with Gasteiger partial charge in [0.25, 0.3) is 0 Å². The van der Waals surface area contributed by atoms with E-state index >= 15 is 0 Å². The molecule has 15 aliphatic carbocycles. The van der Waals surface area contributed by atoms with Gasteiger partial charge < -0.3 is 19.1 Å². The Hall–Kier alpha value is -13.8. The molecule has 35 rings (SSSR count). The Morgan fingerprint density at radius 1 is 0.194 bits per heavy atom. The maximum Gasteiger partial charge on any atom is 0.135 e. The first kappa shape index (κ1) is 83.3. The molecule has 0 N–H and O–H groups in total. The molecular weight excluding hydrogens is 1700 g/mol. The Bertz CT molecular complexity index is 7930. The summed E-state index contributed by atoms with van der Waals surface area (Å²) in [7, 11) is 0. The molecule has 12 bridgehead atoms. The van der Waals surface area contributed by atoms with E-state index in [1.807, 2.05) is 17.4 Å². The van der Waals surface area contributed by atoms with Gasteiger partial charge in [0.05, 0.1) is 0 Å². The van der Waals surface area contributed by atoms with Crippen molar-refractivity contribution in [1.29, 1.82) is 0 Å². The molecule has 15 aliphatic rings. The lowest BCUT2D eigenvalue weighted by atomic mass is 9.43. The van der Waals surface area contributed by atoms with E-state index in [-0.39, 0.29) is 31.1 Å². The van der Waals surface area contributed by atoms with Crippen molar-refractivity contribution in [3.63, 3.8) is 0 Å². The maximum atomic E-state index is 6.25. The summed E-state index contributed by atoms with van der Waals surface area (Å²) < 4.78 is 8.94. The highest BCUT2D eigenvalue weighted by atomic mass is 32.1. The van der Waals surface area contributed by atoms with Crippen LogP contribution in [0.3, 0.4) is 0 Å². The van der Waals surface area contributed by atoms with E-state index in [1.165, 1.54) is 239 Å². The second kappa shape index (κ2) is 32.1. The fourth-order valence-electron chi connectivity index (χ4n) is 32.3. The van der Waals surface area contributed by atoms with Crippen LogP contribution in [0, 0.1) is 71.0 Å². The number of rotatable bonds is 10. The van der Waals surface area contributed by atoms with Gasteiger partial charge in [0.1, 0.15) is 11.2 Å². The number of anilines is 9. The predicted octanol–water partition coefficient (Wildman–Crippen LogP) is 37.3. The summed E-state index contributed by atoms with van der Waals surface area (Å²) in [6.45, 7) is 0. The van der Waals surface area contributed by atoms with Crippen molar-refractivity contribution in [2.75, 3.05) is 14.7 Å². The normalized spacial score (nSPS) is 25.1. The van der Waals surface area contributed by atoms with Crippen molar-refractivity contribution in [3.8, 4) is 44.5 Å². The third-order valence-corrected chi connectivity index (χ3v) is 38.0. The first-order valence-corrected chi connectivity index (χ1v) is 52.1. The highest BCUT2D eigenvalue weighted by molar-refractivity contribution is 7.25. The molecule has 12 saturated carbocycles. The van der Waals surface area contributed by atoms with E-state index in [0.29, 0.717) is 0 Å². The Morgan fingerprint density at radius 3 is 0.935 bits per heavy atom. The number of thiophene rings is 1. The first-order chi connectivity index (χ1) is 67.7. The number of nitrogens with zero attached hydrogens (tertiary/aromatic N) is 3. The highest BCUT2D eigenvalue weighted by Crippen LogP contribution is 2.74. The predicted molar refractivity (Wildman–Crippen MR) is 585 cm³/mol. The number of furan rings is 1. The van der Waals surface area contributed by atoms with Crippen LogP contribution < -0.4 is 14.7 Å². The zero-order valence-electron chi connectivity index (χ0n) is 77.2. The van der Waals surface area contributed by atoms with Crippen molar-refractivity contribution >= 4 is 137 Å². The largest absolute Gasteiger partial charge is 0.456 e. The van der Waals surface area contributed by atoms with E-state index in [1.54, 1.807) is 33.4 Å². The van der Waals surface area contributed by atoms with Crippen LogP contribution in [0.5, 0.6) is 0 Å². The van der Waals surface area contributed by atoms with Crippen molar-refractivity contribution in [2.45, 2.75) is 127 Å². The quantitative estimate of drug-likeness (QED) is 0.136. The topological polar surface area (TPSA) is 22.9 Å². The van der Waals surface area contributed by atoms with Crippen LogP contribution >= 0.6 is 11.3 Å². The van der Waals surface area contributed by atoms with Gasteiger partial charge in [-0.2, -0.15) is 0 Å². The summed E-state index contributed by atoms with van der Waals surface area (Å²) in [6.07, 6.45) is 21.4. The van der Waals surface area contributed by atoms with Gasteiger partial charge in [-0.15, -0.1) is 11.3 Å². The van der Waals surface area contributed by atoms with Crippen molar-refractivity contribution in [3.05, 3.63) is 428 Å². The molecule has 0 aliphatic heterocycles. The molecule has 0 unspecified atom stereocenters. The zero-order valence-corrected chi connectivity index (χ0v) is 78.0. The average Bonchev–Trinajstić information content (AvgIpc) is 1.46. The molecule has 678 valence electrons. The minimum absolute atomic E-state index is 0. The smallest absolute Gasteiger partial charge is 0.135 e. The van der Waals surface area contributed by atoms with E-state index < -0.39 is 0 Å². The minimum atomic E-state index is 0. The Kier molecular flexibility index (Phi) is 19.3. The number of fused-ring (bicyclic) bond motifs is 18. The molecule has 2 heterocycles. The van der Waals surface area contributed by atoms with Crippen LogP contribution in [0.4, 0.5) is 51.2 Å². The number of benzene rings is 18. The molecule has 12 fully saturated rings. The van der Waals surface area contributed by atoms with Crippen LogP contribution in [0.1, 0.15) is 145 Å². The molecule has 5 heteroatoms. The van der Waals surface area contributed by atoms with E-state index in [4.69, 9.17) is 4.42 Å². The average molecular weight is 1820 g/mol. The Balaban J connectivity index is 0.000000102. The monoisotopic (exact) mass is 1810 g/mol.